The van der Waals surface area contributed by atoms with Crippen molar-refractivity contribution in [2.75, 3.05) is 0 Å². The summed E-state index contributed by atoms with van der Waals surface area (Å²) in [6.07, 6.45) is 0.300. The maximum atomic E-state index is 12.9. The van der Waals surface area contributed by atoms with Gasteiger partial charge in [0.15, 0.2) is 0 Å². The van der Waals surface area contributed by atoms with Crippen molar-refractivity contribution < 1.29 is 18.7 Å². The fraction of sp³-hybridized carbons (Fsp3) is 0.857. The van der Waals surface area contributed by atoms with E-state index in [2.05, 4.69) is 0 Å². The van der Waals surface area contributed by atoms with E-state index in [1.165, 1.54) is 0 Å². The predicted octanol–water partition coefficient (Wildman–Crippen LogP) is 0.444. The van der Waals surface area contributed by atoms with Crippen LogP contribution in [0.4, 0.5) is 8.78 Å². The SMILES string of the molecule is NC1CC2(C1)[C@@H](C(=O)O)C2(F)F. The fourth-order valence-corrected chi connectivity index (χ4v) is 2.28. The summed E-state index contributed by atoms with van der Waals surface area (Å²) in [5.41, 5.74) is 4.07. The standard InChI is InChI=1S/C7H9F2NO2/c8-7(9)4(5(11)12)6(7)1-3(10)2-6/h3-4H,1-2,10H2,(H,11,12)/t3?,4-,6?/m1/s1. The zero-order valence-corrected chi connectivity index (χ0v) is 6.26. The highest BCUT2D eigenvalue weighted by atomic mass is 19.3. The van der Waals surface area contributed by atoms with Crippen LogP contribution in [0.5, 0.6) is 0 Å². The lowest BCUT2D eigenvalue weighted by atomic mass is 9.75. The van der Waals surface area contributed by atoms with Crippen molar-refractivity contribution in [2.24, 2.45) is 17.1 Å². The van der Waals surface area contributed by atoms with Crippen LogP contribution in [0.1, 0.15) is 12.8 Å². The van der Waals surface area contributed by atoms with Gasteiger partial charge in [0, 0.05) is 6.04 Å². The minimum Gasteiger partial charge on any atom is -0.481 e. The van der Waals surface area contributed by atoms with E-state index < -0.39 is 23.2 Å². The Morgan fingerprint density at radius 2 is 2.00 bits per heavy atom. The van der Waals surface area contributed by atoms with Crippen molar-refractivity contribution >= 4 is 5.97 Å². The Labute approximate surface area is 67.5 Å². The van der Waals surface area contributed by atoms with E-state index >= 15 is 0 Å². The molecule has 1 spiro atoms. The summed E-state index contributed by atoms with van der Waals surface area (Å²) in [4.78, 5) is 10.4. The molecule has 0 unspecified atom stereocenters. The second-order valence-corrected chi connectivity index (χ2v) is 3.72. The van der Waals surface area contributed by atoms with Gasteiger partial charge in [-0.05, 0) is 12.8 Å². The number of hydrogen-bond donors (Lipinski definition) is 2. The van der Waals surface area contributed by atoms with E-state index in [1.807, 2.05) is 0 Å². The van der Waals surface area contributed by atoms with Crippen LogP contribution in [0.2, 0.25) is 0 Å². The molecule has 2 aliphatic rings. The molecule has 0 bridgehead atoms. The lowest BCUT2D eigenvalue weighted by molar-refractivity contribution is -0.141. The van der Waals surface area contributed by atoms with Gasteiger partial charge in [-0.1, -0.05) is 0 Å². The number of hydrogen-bond acceptors (Lipinski definition) is 2. The summed E-state index contributed by atoms with van der Waals surface area (Å²) in [7, 11) is 0. The minimum atomic E-state index is -3.02. The number of nitrogens with two attached hydrogens (primary N) is 1. The molecule has 0 aromatic carbocycles. The summed E-state index contributed by atoms with van der Waals surface area (Å²) < 4.78 is 25.8. The zero-order chi connectivity index (χ0) is 9.15. The van der Waals surface area contributed by atoms with Crippen molar-refractivity contribution in [3.05, 3.63) is 0 Å². The number of carboxylic acid groups (broad SMARTS) is 1. The first-order valence-corrected chi connectivity index (χ1v) is 3.78. The molecule has 0 radical (unpaired) electrons. The van der Waals surface area contributed by atoms with Gasteiger partial charge in [0.25, 0.3) is 5.92 Å². The molecule has 0 amide bonds. The van der Waals surface area contributed by atoms with E-state index in [0.717, 1.165) is 0 Å². The lowest BCUT2D eigenvalue weighted by Gasteiger charge is -2.32. The van der Waals surface area contributed by atoms with Crippen molar-refractivity contribution in [3.8, 4) is 0 Å². The predicted molar refractivity (Wildman–Crippen MR) is 35.7 cm³/mol. The minimum absolute atomic E-state index is 0.150. The topological polar surface area (TPSA) is 63.3 Å². The second kappa shape index (κ2) is 1.79. The molecule has 0 aromatic heterocycles. The molecule has 0 saturated heterocycles. The monoisotopic (exact) mass is 177 g/mol. The van der Waals surface area contributed by atoms with Crippen LogP contribution < -0.4 is 5.73 Å². The number of carbonyl (C=O) groups is 1. The molecule has 1 atom stereocenters. The number of carboxylic acids is 1. The molecule has 2 aliphatic carbocycles. The maximum Gasteiger partial charge on any atom is 0.313 e. The molecule has 2 rings (SSSR count). The van der Waals surface area contributed by atoms with Crippen LogP contribution >= 0.6 is 0 Å². The van der Waals surface area contributed by atoms with Crippen LogP contribution in [0.25, 0.3) is 0 Å². The van der Waals surface area contributed by atoms with Crippen LogP contribution in [-0.2, 0) is 4.79 Å². The molecular formula is C7H9F2NO2. The number of alkyl halides is 2. The Kier molecular flexibility index (Phi) is 1.18. The first-order chi connectivity index (χ1) is 5.42. The third-order valence-electron chi connectivity index (χ3n) is 3.00. The summed E-state index contributed by atoms with van der Waals surface area (Å²) in [5.74, 6) is -5.90. The summed E-state index contributed by atoms with van der Waals surface area (Å²) >= 11 is 0. The molecular weight excluding hydrogens is 168 g/mol. The van der Waals surface area contributed by atoms with Gasteiger partial charge in [0.2, 0.25) is 0 Å². The first kappa shape index (κ1) is 7.91. The molecule has 3 nitrogen and oxygen atoms in total. The Morgan fingerprint density at radius 3 is 2.25 bits per heavy atom. The van der Waals surface area contributed by atoms with E-state index in [4.69, 9.17) is 10.8 Å². The third kappa shape index (κ3) is 0.612. The molecule has 0 aromatic rings. The number of rotatable bonds is 1. The fourth-order valence-electron chi connectivity index (χ4n) is 2.28. The first-order valence-electron chi connectivity index (χ1n) is 3.78. The van der Waals surface area contributed by atoms with E-state index in [-0.39, 0.29) is 18.9 Å². The van der Waals surface area contributed by atoms with Crippen LogP contribution in [0.3, 0.4) is 0 Å². The number of halogens is 2. The van der Waals surface area contributed by atoms with Crippen LogP contribution in [0.15, 0.2) is 0 Å². The van der Waals surface area contributed by atoms with Gasteiger partial charge in [-0.3, -0.25) is 4.79 Å². The smallest absolute Gasteiger partial charge is 0.313 e. The third-order valence-corrected chi connectivity index (χ3v) is 3.00. The van der Waals surface area contributed by atoms with Gasteiger partial charge in [0.05, 0.1) is 5.41 Å². The Balaban J connectivity index is 2.17. The second-order valence-electron chi connectivity index (χ2n) is 3.72. The molecule has 68 valence electrons. The summed E-state index contributed by atoms with van der Waals surface area (Å²) in [6.45, 7) is 0. The van der Waals surface area contributed by atoms with Gasteiger partial charge in [-0.2, -0.15) is 0 Å². The summed E-state index contributed by atoms with van der Waals surface area (Å²) in [5, 5.41) is 8.45. The maximum absolute atomic E-state index is 12.9. The number of aliphatic carboxylic acids is 1. The van der Waals surface area contributed by atoms with Gasteiger partial charge in [0.1, 0.15) is 5.92 Å². The Hall–Kier alpha value is -0.710. The van der Waals surface area contributed by atoms with E-state index in [1.54, 1.807) is 0 Å². The molecule has 2 saturated carbocycles. The highest BCUT2D eigenvalue weighted by molar-refractivity contribution is 5.78. The molecule has 12 heavy (non-hydrogen) atoms. The highest BCUT2D eigenvalue weighted by Gasteiger charge is 2.86. The largest absolute Gasteiger partial charge is 0.481 e. The molecule has 0 aliphatic heterocycles. The average Bonchev–Trinajstić information content (AvgIpc) is 2.27. The quantitative estimate of drug-likeness (QED) is 0.611. The van der Waals surface area contributed by atoms with E-state index in [0.29, 0.717) is 0 Å². The molecule has 0 heterocycles. The van der Waals surface area contributed by atoms with Crippen molar-refractivity contribution in [1.82, 2.24) is 0 Å². The van der Waals surface area contributed by atoms with Gasteiger partial charge in [-0.15, -0.1) is 0 Å². The zero-order valence-electron chi connectivity index (χ0n) is 6.26. The van der Waals surface area contributed by atoms with Gasteiger partial charge in [-0.25, -0.2) is 8.78 Å². The summed E-state index contributed by atoms with van der Waals surface area (Å²) in [6, 6.07) is -0.236. The molecule has 2 fully saturated rings. The van der Waals surface area contributed by atoms with Crippen molar-refractivity contribution in [2.45, 2.75) is 24.8 Å². The Bertz CT molecular complexity index is 248. The lowest BCUT2D eigenvalue weighted by Crippen LogP contribution is -2.41. The van der Waals surface area contributed by atoms with E-state index in [9.17, 15) is 13.6 Å². The van der Waals surface area contributed by atoms with Crippen molar-refractivity contribution in [3.63, 3.8) is 0 Å². The highest BCUT2D eigenvalue weighted by Crippen LogP contribution is 2.74. The average molecular weight is 177 g/mol. The van der Waals surface area contributed by atoms with Crippen molar-refractivity contribution in [1.29, 1.82) is 0 Å². The molecule has 3 N–H and O–H groups in total. The van der Waals surface area contributed by atoms with Crippen LogP contribution in [0, 0.1) is 11.3 Å². The molecule has 5 heteroatoms. The Morgan fingerprint density at radius 1 is 1.50 bits per heavy atom. The van der Waals surface area contributed by atoms with Crippen LogP contribution in [-0.4, -0.2) is 23.0 Å². The normalized spacial score (nSPS) is 48.6. The van der Waals surface area contributed by atoms with Gasteiger partial charge < -0.3 is 10.8 Å². The van der Waals surface area contributed by atoms with Gasteiger partial charge >= 0.3 is 5.97 Å².